The van der Waals surface area contributed by atoms with Gasteiger partial charge >= 0.3 is 5.97 Å². The molecular formula is C12H14ClNO4S. The van der Waals surface area contributed by atoms with E-state index < -0.39 is 15.8 Å². The third-order valence-electron chi connectivity index (χ3n) is 3.11. The summed E-state index contributed by atoms with van der Waals surface area (Å²) >= 11 is 5.80. The van der Waals surface area contributed by atoms with Crippen LogP contribution in [-0.4, -0.2) is 43.6 Å². The van der Waals surface area contributed by atoms with Gasteiger partial charge in [0.1, 0.15) is 6.54 Å². The van der Waals surface area contributed by atoms with Gasteiger partial charge in [-0.15, -0.1) is 0 Å². The van der Waals surface area contributed by atoms with Crippen LogP contribution < -0.4 is 4.90 Å². The van der Waals surface area contributed by atoms with Crippen molar-refractivity contribution in [2.75, 3.05) is 23.0 Å². The maximum absolute atomic E-state index is 11.5. The van der Waals surface area contributed by atoms with Gasteiger partial charge in [0, 0.05) is 16.8 Å². The summed E-state index contributed by atoms with van der Waals surface area (Å²) in [7, 11) is -3.05. The number of hydrogen-bond acceptors (Lipinski definition) is 4. The van der Waals surface area contributed by atoms with E-state index in [4.69, 9.17) is 16.7 Å². The number of carboxylic acid groups (broad SMARTS) is 1. The Morgan fingerprint density at radius 3 is 2.47 bits per heavy atom. The van der Waals surface area contributed by atoms with E-state index in [1.165, 1.54) is 0 Å². The standard InChI is InChI=1S/C12H14ClNO4S/c13-9-1-3-10(4-2-9)14(7-12(15)16)11-5-6-19(17,18)8-11/h1-4,11H,5-8H2,(H,15,16). The summed E-state index contributed by atoms with van der Waals surface area (Å²) in [6, 6.07) is 6.44. The lowest BCUT2D eigenvalue weighted by atomic mass is 10.2. The number of carboxylic acids is 1. The fraction of sp³-hybridized carbons (Fsp3) is 0.417. The van der Waals surface area contributed by atoms with E-state index in [1.54, 1.807) is 29.2 Å². The molecule has 1 aliphatic rings. The number of nitrogens with zero attached hydrogens (tertiary/aromatic N) is 1. The summed E-state index contributed by atoms with van der Waals surface area (Å²) in [6.45, 7) is -0.220. The lowest BCUT2D eigenvalue weighted by Gasteiger charge is -2.28. The van der Waals surface area contributed by atoms with Crippen molar-refractivity contribution in [1.82, 2.24) is 0 Å². The zero-order valence-corrected chi connectivity index (χ0v) is 11.7. The van der Waals surface area contributed by atoms with Crippen LogP contribution in [-0.2, 0) is 14.6 Å². The second-order valence-corrected chi connectivity index (χ2v) is 7.22. The SMILES string of the molecule is O=C(O)CN(c1ccc(Cl)cc1)C1CCS(=O)(=O)C1. The van der Waals surface area contributed by atoms with E-state index in [0.29, 0.717) is 17.1 Å². The summed E-state index contributed by atoms with van der Waals surface area (Å²) in [5, 5.41) is 9.53. The summed E-state index contributed by atoms with van der Waals surface area (Å²) in [5.74, 6) is -0.871. The minimum Gasteiger partial charge on any atom is -0.480 e. The van der Waals surface area contributed by atoms with Crippen molar-refractivity contribution in [1.29, 1.82) is 0 Å². The van der Waals surface area contributed by atoms with Gasteiger partial charge in [-0.05, 0) is 30.7 Å². The van der Waals surface area contributed by atoms with Crippen molar-refractivity contribution in [3.05, 3.63) is 29.3 Å². The first-order valence-electron chi connectivity index (χ1n) is 5.82. The zero-order valence-electron chi connectivity index (χ0n) is 10.1. The van der Waals surface area contributed by atoms with Crippen molar-refractivity contribution >= 4 is 33.1 Å². The largest absolute Gasteiger partial charge is 0.480 e. The summed E-state index contributed by atoms with van der Waals surface area (Å²) in [4.78, 5) is 12.6. The van der Waals surface area contributed by atoms with Crippen LogP contribution in [0.1, 0.15) is 6.42 Å². The fourth-order valence-electron chi connectivity index (χ4n) is 2.23. The Labute approximate surface area is 116 Å². The van der Waals surface area contributed by atoms with Crippen LogP contribution >= 0.6 is 11.6 Å². The minimum absolute atomic E-state index is 0.00288. The van der Waals surface area contributed by atoms with Crippen molar-refractivity contribution in [3.8, 4) is 0 Å². The number of rotatable bonds is 4. The topological polar surface area (TPSA) is 74.7 Å². The van der Waals surface area contributed by atoms with Crippen LogP contribution in [0.15, 0.2) is 24.3 Å². The highest BCUT2D eigenvalue weighted by Gasteiger charge is 2.33. The van der Waals surface area contributed by atoms with Crippen LogP contribution in [0.5, 0.6) is 0 Å². The highest BCUT2D eigenvalue weighted by Crippen LogP contribution is 2.25. The van der Waals surface area contributed by atoms with Gasteiger partial charge in [0.25, 0.3) is 0 Å². The second kappa shape index (κ2) is 5.38. The monoisotopic (exact) mass is 303 g/mol. The Balaban J connectivity index is 2.26. The number of aliphatic carboxylic acids is 1. The molecule has 1 aromatic rings. The fourth-order valence-corrected chi connectivity index (χ4v) is 4.09. The number of carbonyl (C=O) groups is 1. The van der Waals surface area contributed by atoms with Crippen LogP contribution in [0.2, 0.25) is 5.02 Å². The number of sulfone groups is 1. The molecule has 19 heavy (non-hydrogen) atoms. The Hall–Kier alpha value is -1.27. The minimum atomic E-state index is -3.05. The lowest BCUT2D eigenvalue weighted by molar-refractivity contribution is -0.135. The quantitative estimate of drug-likeness (QED) is 0.910. The molecule has 0 spiro atoms. The first-order chi connectivity index (χ1) is 8.87. The highest BCUT2D eigenvalue weighted by atomic mass is 35.5. The molecule has 0 bridgehead atoms. The molecule has 1 atom stereocenters. The molecule has 1 N–H and O–H groups in total. The third-order valence-corrected chi connectivity index (χ3v) is 5.12. The molecule has 5 nitrogen and oxygen atoms in total. The van der Waals surface area contributed by atoms with Gasteiger partial charge in [-0.3, -0.25) is 4.79 Å². The van der Waals surface area contributed by atoms with Crippen molar-refractivity contribution in [3.63, 3.8) is 0 Å². The first kappa shape index (κ1) is 14.1. The summed E-state index contributed by atoms with van der Waals surface area (Å²) in [5.41, 5.74) is 0.675. The smallest absolute Gasteiger partial charge is 0.323 e. The molecule has 0 aromatic heterocycles. The van der Waals surface area contributed by atoms with E-state index in [-0.39, 0.29) is 24.1 Å². The Morgan fingerprint density at radius 2 is 2.00 bits per heavy atom. The van der Waals surface area contributed by atoms with Crippen molar-refractivity contribution in [2.45, 2.75) is 12.5 Å². The van der Waals surface area contributed by atoms with Gasteiger partial charge in [0.2, 0.25) is 0 Å². The van der Waals surface area contributed by atoms with Gasteiger partial charge in [-0.2, -0.15) is 0 Å². The molecule has 2 rings (SSSR count). The molecule has 0 aliphatic carbocycles. The normalized spacial score (nSPS) is 21.2. The van der Waals surface area contributed by atoms with Gasteiger partial charge in [-0.25, -0.2) is 8.42 Å². The highest BCUT2D eigenvalue weighted by molar-refractivity contribution is 7.91. The molecule has 7 heteroatoms. The van der Waals surface area contributed by atoms with Crippen LogP contribution in [0.3, 0.4) is 0 Å². The predicted molar refractivity (Wildman–Crippen MR) is 73.5 cm³/mol. The van der Waals surface area contributed by atoms with E-state index >= 15 is 0 Å². The number of hydrogen-bond donors (Lipinski definition) is 1. The molecule has 1 fully saturated rings. The second-order valence-electron chi connectivity index (χ2n) is 4.55. The Morgan fingerprint density at radius 1 is 1.37 bits per heavy atom. The molecule has 0 saturated carbocycles. The Kier molecular flexibility index (Phi) is 4.01. The maximum Gasteiger partial charge on any atom is 0.323 e. The van der Waals surface area contributed by atoms with E-state index in [2.05, 4.69) is 0 Å². The molecule has 0 radical (unpaired) electrons. The number of halogens is 1. The van der Waals surface area contributed by atoms with Gasteiger partial charge in [0.05, 0.1) is 11.5 Å². The molecule has 1 heterocycles. The molecule has 1 unspecified atom stereocenters. The van der Waals surface area contributed by atoms with Gasteiger partial charge in [0.15, 0.2) is 9.84 Å². The van der Waals surface area contributed by atoms with Crippen LogP contribution in [0.4, 0.5) is 5.69 Å². The average molecular weight is 304 g/mol. The van der Waals surface area contributed by atoms with Gasteiger partial charge in [-0.1, -0.05) is 11.6 Å². The van der Waals surface area contributed by atoms with E-state index in [1.807, 2.05) is 0 Å². The molecule has 1 aliphatic heterocycles. The summed E-state index contributed by atoms with van der Waals surface area (Å²) in [6.07, 6.45) is 0.457. The average Bonchev–Trinajstić information content (AvgIpc) is 2.67. The zero-order chi connectivity index (χ0) is 14.0. The number of benzene rings is 1. The molecule has 1 saturated heterocycles. The lowest BCUT2D eigenvalue weighted by Crippen LogP contribution is -2.40. The van der Waals surface area contributed by atoms with Crippen LogP contribution in [0, 0.1) is 0 Å². The third kappa shape index (κ3) is 3.61. The first-order valence-corrected chi connectivity index (χ1v) is 8.02. The van der Waals surface area contributed by atoms with E-state index in [9.17, 15) is 13.2 Å². The number of anilines is 1. The molecule has 0 amide bonds. The van der Waals surface area contributed by atoms with Crippen LogP contribution in [0.25, 0.3) is 0 Å². The Bertz CT molecular complexity index is 570. The van der Waals surface area contributed by atoms with Crippen molar-refractivity contribution < 1.29 is 18.3 Å². The predicted octanol–water partition coefficient (Wildman–Crippen LogP) is 1.42. The molecular weight excluding hydrogens is 290 g/mol. The van der Waals surface area contributed by atoms with E-state index in [0.717, 1.165) is 0 Å². The molecule has 1 aromatic carbocycles. The maximum atomic E-state index is 11.5. The van der Waals surface area contributed by atoms with Gasteiger partial charge < -0.3 is 10.0 Å². The summed E-state index contributed by atoms with van der Waals surface area (Å²) < 4.78 is 23.0. The van der Waals surface area contributed by atoms with Crippen molar-refractivity contribution in [2.24, 2.45) is 0 Å². The molecule has 104 valence electrons.